The molecule has 0 saturated heterocycles. The van der Waals surface area contributed by atoms with E-state index in [0.29, 0.717) is 17.9 Å². The lowest BCUT2D eigenvalue weighted by atomic mass is 10.0. The topological polar surface area (TPSA) is 78.9 Å². The van der Waals surface area contributed by atoms with Crippen molar-refractivity contribution in [1.82, 2.24) is 4.90 Å². The molecule has 2 rings (SSSR count). The minimum Gasteiger partial charge on any atom is -0.482 e. The van der Waals surface area contributed by atoms with Crippen LogP contribution in [0, 0.1) is 0 Å². The zero-order chi connectivity index (χ0) is 14.7. The molecule has 0 spiro atoms. The fraction of sp³-hybridized carbons (Fsp3) is 0.429. The zero-order valence-corrected chi connectivity index (χ0v) is 11.5. The van der Waals surface area contributed by atoms with Crippen molar-refractivity contribution in [3.05, 3.63) is 23.8 Å². The third-order valence-corrected chi connectivity index (χ3v) is 3.29. The van der Waals surface area contributed by atoms with Crippen LogP contribution >= 0.6 is 0 Å². The summed E-state index contributed by atoms with van der Waals surface area (Å²) in [4.78, 5) is 24.1. The molecule has 1 aliphatic heterocycles. The highest BCUT2D eigenvalue weighted by atomic mass is 16.5. The van der Waals surface area contributed by atoms with E-state index >= 15 is 0 Å². The number of carbonyl (C=O) groups excluding carboxylic acids is 1. The average Bonchev–Trinajstić information content (AvgIpc) is 2.36. The van der Waals surface area contributed by atoms with E-state index in [-0.39, 0.29) is 25.0 Å². The highest BCUT2D eigenvalue weighted by Crippen LogP contribution is 2.29. The SMILES string of the molecule is CN(C)C(CC(=O)O)Cc1ccc2c(c1)NC(=O)CO2. The molecule has 6 heteroatoms. The van der Waals surface area contributed by atoms with Gasteiger partial charge in [-0.3, -0.25) is 9.59 Å². The molecule has 1 atom stereocenters. The maximum Gasteiger partial charge on any atom is 0.304 e. The van der Waals surface area contributed by atoms with Crippen LogP contribution in [0.25, 0.3) is 0 Å². The lowest BCUT2D eigenvalue weighted by Crippen LogP contribution is -2.32. The van der Waals surface area contributed by atoms with E-state index in [2.05, 4.69) is 5.32 Å². The Kier molecular flexibility index (Phi) is 4.24. The van der Waals surface area contributed by atoms with Gasteiger partial charge >= 0.3 is 5.97 Å². The number of amides is 1. The number of likely N-dealkylation sites (N-methyl/N-ethyl adjacent to an activating group) is 1. The number of rotatable bonds is 5. The summed E-state index contributed by atoms with van der Waals surface area (Å²) in [7, 11) is 3.72. The molecule has 1 aliphatic rings. The fourth-order valence-electron chi connectivity index (χ4n) is 2.17. The van der Waals surface area contributed by atoms with Gasteiger partial charge in [-0.25, -0.2) is 0 Å². The Morgan fingerprint density at radius 1 is 1.50 bits per heavy atom. The molecule has 0 aromatic heterocycles. The van der Waals surface area contributed by atoms with Crippen LogP contribution in [0.15, 0.2) is 18.2 Å². The Morgan fingerprint density at radius 3 is 2.90 bits per heavy atom. The Labute approximate surface area is 117 Å². The number of carboxylic acid groups (broad SMARTS) is 1. The second-order valence-corrected chi connectivity index (χ2v) is 5.09. The number of aliphatic carboxylic acids is 1. The molecule has 1 amide bonds. The van der Waals surface area contributed by atoms with Crippen molar-refractivity contribution in [2.24, 2.45) is 0 Å². The van der Waals surface area contributed by atoms with E-state index in [1.165, 1.54) is 0 Å². The monoisotopic (exact) mass is 278 g/mol. The van der Waals surface area contributed by atoms with Gasteiger partial charge in [-0.2, -0.15) is 0 Å². The first-order chi connectivity index (χ1) is 9.45. The van der Waals surface area contributed by atoms with Crippen LogP contribution in [0.5, 0.6) is 5.75 Å². The average molecular weight is 278 g/mol. The number of carbonyl (C=O) groups is 2. The highest BCUT2D eigenvalue weighted by molar-refractivity contribution is 5.95. The molecule has 108 valence electrons. The number of carboxylic acids is 1. The third kappa shape index (κ3) is 3.48. The van der Waals surface area contributed by atoms with Crippen LogP contribution in [0.1, 0.15) is 12.0 Å². The molecule has 1 heterocycles. The molecule has 0 aliphatic carbocycles. The number of fused-ring (bicyclic) bond motifs is 1. The van der Waals surface area contributed by atoms with Crippen molar-refractivity contribution < 1.29 is 19.4 Å². The summed E-state index contributed by atoms with van der Waals surface area (Å²) in [5.41, 5.74) is 1.61. The van der Waals surface area contributed by atoms with Crippen molar-refractivity contribution in [2.75, 3.05) is 26.0 Å². The van der Waals surface area contributed by atoms with E-state index in [1.54, 1.807) is 6.07 Å². The quantitative estimate of drug-likeness (QED) is 0.839. The summed E-state index contributed by atoms with van der Waals surface area (Å²) >= 11 is 0. The van der Waals surface area contributed by atoms with E-state index in [4.69, 9.17) is 9.84 Å². The molecule has 1 aromatic carbocycles. The molecule has 0 saturated carbocycles. The van der Waals surface area contributed by atoms with Crippen LogP contribution in [-0.4, -0.2) is 48.6 Å². The summed E-state index contributed by atoms with van der Waals surface area (Å²) in [6, 6.07) is 5.45. The van der Waals surface area contributed by atoms with Crippen molar-refractivity contribution in [3.63, 3.8) is 0 Å². The zero-order valence-electron chi connectivity index (χ0n) is 11.5. The van der Waals surface area contributed by atoms with Crippen LogP contribution in [0.2, 0.25) is 0 Å². The van der Waals surface area contributed by atoms with Gasteiger partial charge in [0.25, 0.3) is 5.91 Å². The van der Waals surface area contributed by atoms with Crippen LogP contribution in [-0.2, 0) is 16.0 Å². The molecule has 0 bridgehead atoms. The number of benzene rings is 1. The first-order valence-electron chi connectivity index (χ1n) is 6.39. The molecular formula is C14H18N2O4. The molecule has 6 nitrogen and oxygen atoms in total. The first-order valence-corrected chi connectivity index (χ1v) is 6.39. The smallest absolute Gasteiger partial charge is 0.304 e. The predicted molar refractivity (Wildman–Crippen MR) is 74.0 cm³/mol. The maximum absolute atomic E-state index is 11.3. The lowest BCUT2D eigenvalue weighted by Gasteiger charge is -2.24. The summed E-state index contributed by atoms with van der Waals surface area (Å²) in [5.74, 6) is -0.351. The molecule has 2 N–H and O–H groups in total. The van der Waals surface area contributed by atoms with Crippen molar-refractivity contribution in [1.29, 1.82) is 0 Å². The summed E-state index contributed by atoms with van der Waals surface area (Å²) in [5, 5.41) is 11.7. The van der Waals surface area contributed by atoms with E-state index in [1.807, 2.05) is 31.1 Å². The van der Waals surface area contributed by atoms with Crippen LogP contribution in [0.4, 0.5) is 5.69 Å². The molecule has 20 heavy (non-hydrogen) atoms. The summed E-state index contributed by atoms with van der Waals surface area (Å²) in [6.45, 7) is 0.0334. The van der Waals surface area contributed by atoms with Crippen molar-refractivity contribution in [2.45, 2.75) is 18.9 Å². The van der Waals surface area contributed by atoms with Gasteiger partial charge in [0.2, 0.25) is 0 Å². The number of nitrogens with one attached hydrogen (secondary N) is 1. The van der Waals surface area contributed by atoms with E-state index in [0.717, 1.165) is 5.56 Å². The van der Waals surface area contributed by atoms with Gasteiger partial charge in [0.15, 0.2) is 6.61 Å². The maximum atomic E-state index is 11.3. The van der Waals surface area contributed by atoms with Gasteiger partial charge in [0, 0.05) is 6.04 Å². The van der Waals surface area contributed by atoms with Gasteiger partial charge in [0.1, 0.15) is 5.75 Å². The predicted octanol–water partition coefficient (Wildman–Crippen LogP) is 0.965. The van der Waals surface area contributed by atoms with E-state index in [9.17, 15) is 9.59 Å². The van der Waals surface area contributed by atoms with Gasteiger partial charge < -0.3 is 20.1 Å². The van der Waals surface area contributed by atoms with Gasteiger partial charge in [-0.15, -0.1) is 0 Å². The molecular weight excluding hydrogens is 260 g/mol. The van der Waals surface area contributed by atoms with Crippen molar-refractivity contribution in [3.8, 4) is 5.75 Å². The molecule has 0 radical (unpaired) electrons. The Bertz CT molecular complexity index is 528. The highest BCUT2D eigenvalue weighted by Gasteiger charge is 2.19. The van der Waals surface area contributed by atoms with Crippen molar-refractivity contribution >= 4 is 17.6 Å². The molecule has 1 aromatic rings. The lowest BCUT2D eigenvalue weighted by molar-refractivity contribution is -0.138. The number of ether oxygens (including phenoxy) is 1. The standard InChI is InChI=1S/C14H18N2O4/c1-16(2)10(7-14(18)19)5-9-3-4-12-11(6-9)15-13(17)8-20-12/h3-4,6,10H,5,7-8H2,1-2H3,(H,15,17)(H,18,19). The first kappa shape index (κ1) is 14.3. The van der Waals surface area contributed by atoms with Crippen LogP contribution in [0.3, 0.4) is 0 Å². The largest absolute Gasteiger partial charge is 0.482 e. The van der Waals surface area contributed by atoms with Gasteiger partial charge in [-0.1, -0.05) is 6.07 Å². The Balaban J connectivity index is 2.14. The minimum atomic E-state index is -0.821. The summed E-state index contributed by atoms with van der Waals surface area (Å²) in [6.07, 6.45) is 0.676. The number of nitrogens with zero attached hydrogens (tertiary/aromatic N) is 1. The molecule has 0 fully saturated rings. The number of hydrogen-bond acceptors (Lipinski definition) is 4. The third-order valence-electron chi connectivity index (χ3n) is 3.29. The fourth-order valence-corrected chi connectivity index (χ4v) is 2.17. The minimum absolute atomic E-state index is 0.0334. The molecule has 1 unspecified atom stereocenters. The number of hydrogen-bond donors (Lipinski definition) is 2. The number of anilines is 1. The normalized spacial score (nSPS) is 15.2. The second-order valence-electron chi connectivity index (χ2n) is 5.09. The Morgan fingerprint density at radius 2 is 2.25 bits per heavy atom. The van der Waals surface area contributed by atoms with Gasteiger partial charge in [-0.05, 0) is 38.2 Å². The van der Waals surface area contributed by atoms with Gasteiger partial charge in [0.05, 0.1) is 12.1 Å². The summed E-state index contributed by atoms with van der Waals surface area (Å²) < 4.78 is 5.29. The second kappa shape index (κ2) is 5.92. The Hall–Kier alpha value is -2.08. The van der Waals surface area contributed by atoms with E-state index < -0.39 is 5.97 Å². The van der Waals surface area contributed by atoms with Crippen LogP contribution < -0.4 is 10.1 Å².